The number of amides is 2. The minimum absolute atomic E-state index is 0.00286. The lowest BCUT2D eigenvalue weighted by atomic mass is 9.62. The van der Waals surface area contributed by atoms with E-state index in [1.54, 1.807) is 14.2 Å². The molecule has 242 valence electrons. The lowest BCUT2D eigenvalue weighted by Crippen LogP contribution is -2.66. The van der Waals surface area contributed by atoms with E-state index in [0.29, 0.717) is 24.1 Å². The molecule has 4 unspecified atom stereocenters. The predicted octanol–water partition coefficient (Wildman–Crippen LogP) is 6.33. The number of carbonyl (C=O) groups excluding carboxylic acids is 2. The molecule has 45 heavy (non-hydrogen) atoms. The van der Waals surface area contributed by atoms with Gasteiger partial charge in [-0.25, -0.2) is 0 Å². The highest BCUT2D eigenvalue weighted by Gasteiger charge is 2.64. The van der Waals surface area contributed by atoms with E-state index in [1.165, 1.54) is 54.4 Å². The number of ether oxygens (including phenoxy) is 1. The summed E-state index contributed by atoms with van der Waals surface area (Å²) in [5.41, 5.74) is 6.00. The molecular formula is C38H52N4O3. The monoisotopic (exact) mass is 612 g/mol. The first-order chi connectivity index (χ1) is 21.5. The zero-order valence-corrected chi connectivity index (χ0v) is 28.3. The summed E-state index contributed by atoms with van der Waals surface area (Å²) in [7, 11) is 7.53. The molecular weight excluding hydrogens is 560 g/mol. The Bertz CT molecular complexity index is 1490. The average molecular weight is 613 g/mol. The van der Waals surface area contributed by atoms with Crippen molar-refractivity contribution in [2.45, 2.75) is 83.7 Å². The quantitative estimate of drug-likeness (QED) is 0.382. The van der Waals surface area contributed by atoms with Crippen LogP contribution in [0.2, 0.25) is 0 Å². The SMILES string of the molecule is CCNC1CC(N(C)C(=O)C23CC2c2cc(OC)ccc2/C=C(\C2CCCCC2)c2ccc(C(=O)NC)cc2N(C)C3)C1(C)C. The summed E-state index contributed by atoms with van der Waals surface area (Å²) in [6, 6.07) is 13.1. The highest BCUT2D eigenvalue weighted by Crippen LogP contribution is 2.63. The number of benzene rings is 2. The number of carbonyl (C=O) groups is 2. The van der Waals surface area contributed by atoms with Crippen LogP contribution in [0.15, 0.2) is 36.4 Å². The molecule has 1 heterocycles. The second kappa shape index (κ2) is 12.1. The number of allylic oxidation sites excluding steroid dienone is 1. The van der Waals surface area contributed by atoms with Crippen LogP contribution in [-0.2, 0) is 4.79 Å². The zero-order chi connectivity index (χ0) is 32.1. The summed E-state index contributed by atoms with van der Waals surface area (Å²) < 4.78 is 5.74. The van der Waals surface area contributed by atoms with E-state index in [1.807, 2.05) is 19.2 Å². The van der Waals surface area contributed by atoms with Crippen molar-refractivity contribution in [1.29, 1.82) is 0 Å². The number of nitrogens with zero attached hydrogens (tertiary/aromatic N) is 2. The van der Waals surface area contributed by atoms with Crippen LogP contribution in [0.3, 0.4) is 0 Å². The predicted molar refractivity (Wildman–Crippen MR) is 183 cm³/mol. The number of fused-ring (bicyclic) bond motifs is 4. The molecule has 0 radical (unpaired) electrons. The number of hydrogen-bond acceptors (Lipinski definition) is 5. The van der Waals surface area contributed by atoms with Crippen LogP contribution < -0.4 is 20.3 Å². The van der Waals surface area contributed by atoms with Crippen LogP contribution >= 0.6 is 0 Å². The van der Waals surface area contributed by atoms with Gasteiger partial charge in [0.1, 0.15) is 5.75 Å². The minimum atomic E-state index is -0.569. The molecule has 3 fully saturated rings. The lowest BCUT2D eigenvalue weighted by molar-refractivity contribution is -0.146. The molecule has 2 aromatic rings. The van der Waals surface area contributed by atoms with Crippen LogP contribution in [0.1, 0.15) is 98.7 Å². The van der Waals surface area contributed by atoms with E-state index in [2.05, 4.69) is 78.6 Å². The van der Waals surface area contributed by atoms with Gasteiger partial charge in [0.2, 0.25) is 5.91 Å². The van der Waals surface area contributed by atoms with Gasteiger partial charge < -0.3 is 25.2 Å². The molecule has 4 aliphatic rings. The summed E-state index contributed by atoms with van der Waals surface area (Å²) in [6.45, 7) is 8.24. The van der Waals surface area contributed by atoms with E-state index in [0.717, 1.165) is 30.8 Å². The van der Waals surface area contributed by atoms with Gasteiger partial charge in [0, 0.05) is 67.9 Å². The summed E-state index contributed by atoms with van der Waals surface area (Å²) in [4.78, 5) is 32.0. The van der Waals surface area contributed by atoms with Crippen LogP contribution in [0.25, 0.3) is 11.6 Å². The number of nitrogens with one attached hydrogen (secondary N) is 2. The van der Waals surface area contributed by atoms with Crippen molar-refractivity contribution in [1.82, 2.24) is 15.5 Å². The van der Waals surface area contributed by atoms with Crippen LogP contribution in [-0.4, -0.2) is 70.1 Å². The Kier molecular flexibility index (Phi) is 8.53. The normalized spacial score (nSPS) is 28.3. The minimum Gasteiger partial charge on any atom is -0.497 e. The van der Waals surface area contributed by atoms with Crippen molar-refractivity contribution in [2.75, 3.05) is 46.2 Å². The van der Waals surface area contributed by atoms with Crippen molar-refractivity contribution in [3.8, 4) is 5.75 Å². The van der Waals surface area contributed by atoms with Gasteiger partial charge in [-0.3, -0.25) is 9.59 Å². The van der Waals surface area contributed by atoms with E-state index in [4.69, 9.17) is 4.74 Å². The highest BCUT2D eigenvalue weighted by molar-refractivity contribution is 5.98. The van der Waals surface area contributed by atoms with E-state index in [9.17, 15) is 9.59 Å². The number of hydrogen-bond donors (Lipinski definition) is 2. The Balaban J connectivity index is 1.48. The summed E-state index contributed by atoms with van der Waals surface area (Å²) in [5.74, 6) is 1.50. The average Bonchev–Trinajstić information content (AvgIpc) is 3.78. The van der Waals surface area contributed by atoms with Crippen LogP contribution in [0.5, 0.6) is 5.75 Å². The van der Waals surface area contributed by atoms with Gasteiger partial charge in [0.15, 0.2) is 0 Å². The first kappa shape index (κ1) is 31.7. The molecule has 0 bridgehead atoms. The Hall–Kier alpha value is -3.32. The molecule has 0 aromatic heterocycles. The smallest absolute Gasteiger partial charge is 0.251 e. The maximum absolute atomic E-state index is 14.8. The summed E-state index contributed by atoms with van der Waals surface area (Å²) >= 11 is 0. The molecule has 2 amide bonds. The van der Waals surface area contributed by atoms with Gasteiger partial charge in [0.05, 0.1) is 12.5 Å². The van der Waals surface area contributed by atoms with Crippen molar-refractivity contribution < 1.29 is 14.3 Å². The third kappa shape index (κ3) is 5.45. The van der Waals surface area contributed by atoms with Gasteiger partial charge in [-0.15, -0.1) is 0 Å². The second-order valence-corrected chi connectivity index (χ2v) is 14.6. The van der Waals surface area contributed by atoms with Gasteiger partial charge >= 0.3 is 0 Å². The van der Waals surface area contributed by atoms with Gasteiger partial charge in [-0.05, 0) is 79.1 Å². The van der Waals surface area contributed by atoms with Gasteiger partial charge in [0.25, 0.3) is 5.91 Å². The Morgan fingerprint density at radius 2 is 1.84 bits per heavy atom. The molecule has 7 heteroatoms. The molecule has 2 aromatic carbocycles. The fourth-order valence-electron chi connectivity index (χ4n) is 8.83. The van der Waals surface area contributed by atoms with Crippen molar-refractivity contribution in [2.24, 2.45) is 16.7 Å². The molecule has 7 nitrogen and oxygen atoms in total. The molecule has 2 N–H and O–H groups in total. The highest BCUT2D eigenvalue weighted by atomic mass is 16.5. The molecule has 4 atom stereocenters. The van der Waals surface area contributed by atoms with Crippen molar-refractivity contribution in [3.63, 3.8) is 0 Å². The third-order valence-corrected chi connectivity index (χ3v) is 11.7. The molecule has 0 saturated heterocycles. The van der Waals surface area contributed by atoms with E-state index < -0.39 is 5.41 Å². The van der Waals surface area contributed by atoms with E-state index >= 15 is 0 Å². The standard InChI is InChI=1S/C38H52N4O3/c1-8-40-33-21-34(37(33,2)3)42(6)36(44)38-22-31(38)30-20-27(45-7)16-14-25(30)18-29(24-12-10-9-11-13-24)28-17-15-26(35(43)39-4)19-32(28)41(5)23-38/h14-20,24,31,33-34,40H,8-13,21-23H2,1-7H3,(H,39,43)/b29-18+. The number of methoxy groups -OCH3 is 1. The second-order valence-electron chi connectivity index (χ2n) is 14.6. The van der Waals surface area contributed by atoms with Crippen molar-refractivity contribution >= 4 is 29.2 Å². The molecule has 0 spiro atoms. The molecule has 1 aliphatic heterocycles. The Morgan fingerprint density at radius 3 is 2.51 bits per heavy atom. The maximum Gasteiger partial charge on any atom is 0.251 e. The van der Waals surface area contributed by atoms with Crippen molar-refractivity contribution in [3.05, 3.63) is 58.7 Å². The van der Waals surface area contributed by atoms with Gasteiger partial charge in [-0.2, -0.15) is 0 Å². The molecule has 6 rings (SSSR count). The topological polar surface area (TPSA) is 73.9 Å². The van der Waals surface area contributed by atoms with Crippen LogP contribution in [0, 0.1) is 16.7 Å². The van der Waals surface area contributed by atoms with Crippen LogP contribution in [0.4, 0.5) is 5.69 Å². The summed E-state index contributed by atoms with van der Waals surface area (Å²) in [5, 5.41) is 6.43. The Labute approximate surface area is 269 Å². The van der Waals surface area contributed by atoms with Gasteiger partial charge in [-0.1, -0.05) is 58.2 Å². The zero-order valence-electron chi connectivity index (χ0n) is 28.3. The first-order valence-corrected chi connectivity index (χ1v) is 17.0. The third-order valence-electron chi connectivity index (χ3n) is 11.7. The Morgan fingerprint density at radius 1 is 1.09 bits per heavy atom. The number of anilines is 1. The fraction of sp³-hybridized carbons (Fsp3) is 0.579. The lowest BCUT2D eigenvalue weighted by Gasteiger charge is -2.56. The fourth-order valence-corrected chi connectivity index (χ4v) is 8.83. The van der Waals surface area contributed by atoms with E-state index in [-0.39, 0.29) is 29.2 Å². The first-order valence-electron chi connectivity index (χ1n) is 17.0. The largest absolute Gasteiger partial charge is 0.497 e. The maximum atomic E-state index is 14.8. The number of rotatable bonds is 7. The summed E-state index contributed by atoms with van der Waals surface area (Å²) in [6.07, 6.45) is 10.2. The molecule has 3 saturated carbocycles. The molecule has 3 aliphatic carbocycles.